The van der Waals surface area contributed by atoms with Crippen LogP contribution >= 0.6 is 0 Å². The fourth-order valence-corrected chi connectivity index (χ4v) is 7.20. The number of carbonyl (C=O) groups is 4. The van der Waals surface area contributed by atoms with Crippen LogP contribution in [0.2, 0.25) is 0 Å². The molecule has 0 atom stereocenters. The minimum absolute atomic E-state index is 0.213. The van der Waals surface area contributed by atoms with E-state index in [4.69, 9.17) is 9.47 Å². The lowest BCUT2D eigenvalue weighted by Gasteiger charge is -2.17. The van der Waals surface area contributed by atoms with E-state index in [-0.39, 0.29) is 22.3 Å². The molecule has 4 aromatic carbocycles. The van der Waals surface area contributed by atoms with Gasteiger partial charge in [0.25, 0.3) is 0 Å². The Kier molecular flexibility index (Phi) is 4.79. The van der Waals surface area contributed by atoms with Crippen molar-refractivity contribution >= 4 is 43.8 Å². The van der Waals surface area contributed by atoms with Gasteiger partial charge in [0.15, 0.2) is 0 Å². The van der Waals surface area contributed by atoms with Gasteiger partial charge in [0, 0.05) is 0 Å². The topological polar surface area (TPSA) is 86.7 Å². The summed E-state index contributed by atoms with van der Waals surface area (Å²) < 4.78 is 9.89. The van der Waals surface area contributed by atoms with Crippen LogP contribution in [0.4, 0.5) is 0 Å². The summed E-state index contributed by atoms with van der Waals surface area (Å²) in [6.07, 6.45) is 0. The lowest BCUT2D eigenvalue weighted by molar-refractivity contribution is 0.0426. The molecule has 0 saturated heterocycles. The van der Waals surface area contributed by atoms with E-state index in [1.807, 2.05) is 72.8 Å². The second-order valence-electron chi connectivity index (χ2n) is 8.29. The number of hydrogen-bond acceptors (Lipinski definition) is 6. The highest BCUT2D eigenvalue weighted by Crippen LogP contribution is 2.28. The van der Waals surface area contributed by atoms with Crippen LogP contribution in [0, 0.1) is 0 Å². The normalized spacial score (nSPS) is 13.9. The van der Waals surface area contributed by atoms with E-state index in [0.717, 1.165) is 22.3 Å². The molecule has 0 N–H and O–H groups in total. The molecule has 4 aromatic rings. The van der Waals surface area contributed by atoms with Crippen LogP contribution in [0.1, 0.15) is 41.4 Å². The van der Waals surface area contributed by atoms with Gasteiger partial charge in [0.2, 0.25) is 0 Å². The first-order valence-corrected chi connectivity index (χ1v) is 12.4. The van der Waals surface area contributed by atoms with Gasteiger partial charge in [-0.3, -0.25) is 0 Å². The predicted molar refractivity (Wildman–Crippen MR) is 131 cm³/mol. The lowest BCUT2D eigenvalue weighted by Crippen LogP contribution is -2.37. The van der Waals surface area contributed by atoms with Crippen LogP contribution in [0.15, 0.2) is 84.9 Å². The van der Waals surface area contributed by atoms with E-state index >= 15 is 0 Å². The first-order valence-electron chi connectivity index (χ1n) is 11.0. The van der Waals surface area contributed by atoms with Crippen molar-refractivity contribution in [2.75, 3.05) is 0 Å². The molecule has 2 aliphatic rings. The smallest absolute Gasteiger partial charge is 0.346 e. The van der Waals surface area contributed by atoms with Crippen LogP contribution in [-0.4, -0.2) is 33.4 Å². The highest BCUT2D eigenvalue weighted by Gasteiger charge is 2.37. The van der Waals surface area contributed by atoms with E-state index in [1.54, 1.807) is 12.1 Å². The zero-order valence-electron chi connectivity index (χ0n) is 18.2. The fourth-order valence-electron chi connectivity index (χ4n) is 4.80. The van der Waals surface area contributed by atoms with E-state index < -0.39 is 33.4 Å². The van der Waals surface area contributed by atoms with Crippen molar-refractivity contribution in [2.45, 2.75) is 0 Å². The Bertz CT molecular complexity index is 1460. The highest BCUT2D eigenvalue weighted by atomic mass is 28.2. The van der Waals surface area contributed by atoms with E-state index in [1.165, 1.54) is 0 Å². The van der Waals surface area contributed by atoms with Gasteiger partial charge < -0.3 is 9.47 Å². The molecular formula is C28H16O6Si. The van der Waals surface area contributed by atoms with E-state index in [2.05, 4.69) is 0 Å². The second-order valence-corrected chi connectivity index (χ2v) is 10.1. The Balaban J connectivity index is 1.64. The molecule has 0 unspecified atom stereocenters. The Morgan fingerprint density at radius 3 is 1.20 bits per heavy atom. The summed E-state index contributed by atoms with van der Waals surface area (Å²) in [5.74, 6) is -2.76. The van der Waals surface area contributed by atoms with Crippen LogP contribution in [-0.2, 0) is 9.47 Å². The molecule has 0 aromatic heterocycles. The second kappa shape index (κ2) is 8.00. The molecule has 6 rings (SSSR count). The maximum atomic E-state index is 12.8. The summed E-state index contributed by atoms with van der Waals surface area (Å²) in [5, 5.41) is 1.37. The number of carbonyl (C=O) groups excluding carboxylic acids is 4. The van der Waals surface area contributed by atoms with Crippen molar-refractivity contribution in [3.63, 3.8) is 0 Å². The quantitative estimate of drug-likeness (QED) is 0.256. The van der Waals surface area contributed by atoms with Gasteiger partial charge in [-0.1, -0.05) is 72.8 Å². The van der Waals surface area contributed by atoms with Crippen molar-refractivity contribution in [2.24, 2.45) is 0 Å². The third kappa shape index (κ3) is 3.32. The Labute approximate surface area is 201 Å². The number of esters is 4. The number of ether oxygens (including phenoxy) is 2. The van der Waals surface area contributed by atoms with Gasteiger partial charge in [0.1, 0.15) is 0 Å². The van der Waals surface area contributed by atoms with Crippen molar-refractivity contribution in [3.8, 4) is 22.3 Å². The minimum Gasteiger partial charge on any atom is -0.386 e. The maximum Gasteiger partial charge on any atom is 0.346 e. The molecule has 6 nitrogen and oxygen atoms in total. The molecule has 0 bridgehead atoms. The molecular weight excluding hydrogens is 460 g/mol. The Morgan fingerprint density at radius 2 is 0.800 bits per heavy atom. The monoisotopic (exact) mass is 476 g/mol. The molecule has 168 valence electrons. The maximum absolute atomic E-state index is 12.8. The zero-order valence-corrected chi connectivity index (χ0v) is 19.7. The number of hydrogen-bond donors (Lipinski definition) is 0. The van der Waals surface area contributed by atoms with Gasteiger partial charge in [-0.2, -0.15) is 0 Å². The summed E-state index contributed by atoms with van der Waals surface area (Å²) in [6, 6.07) is 25.9. The van der Waals surface area contributed by atoms with Crippen molar-refractivity contribution in [1.29, 1.82) is 0 Å². The average molecular weight is 477 g/mol. The van der Waals surface area contributed by atoms with Gasteiger partial charge in [-0.05, 0) is 44.8 Å². The number of cyclic esters (lactones) is 4. The van der Waals surface area contributed by atoms with E-state index in [9.17, 15) is 19.2 Å². The molecule has 35 heavy (non-hydrogen) atoms. The molecule has 7 heteroatoms. The molecule has 0 aliphatic carbocycles. The van der Waals surface area contributed by atoms with Crippen molar-refractivity contribution in [1.82, 2.24) is 0 Å². The van der Waals surface area contributed by atoms with Gasteiger partial charge >= 0.3 is 23.9 Å². The van der Waals surface area contributed by atoms with Crippen LogP contribution < -0.4 is 10.4 Å². The highest BCUT2D eigenvalue weighted by molar-refractivity contribution is 6.73. The predicted octanol–water partition coefficient (Wildman–Crippen LogP) is 2.76. The van der Waals surface area contributed by atoms with Crippen LogP contribution in [0.25, 0.3) is 22.3 Å². The summed E-state index contributed by atoms with van der Waals surface area (Å²) in [6.45, 7) is 0. The number of benzene rings is 4. The molecule has 0 amide bonds. The number of fused-ring (bicyclic) bond motifs is 2. The minimum atomic E-state index is -1.64. The number of rotatable bonds is 4. The summed E-state index contributed by atoms with van der Waals surface area (Å²) >= 11 is 0. The average Bonchev–Trinajstić information content (AvgIpc) is 3.34. The molecule has 0 radical (unpaired) electrons. The van der Waals surface area contributed by atoms with E-state index in [0.29, 0.717) is 10.4 Å². The SMILES string of the molecule is O=C1OC(=O)c2c1ccc(-c1ccccc1)c2[SiH2]c1c(-c2ccccc2)ccc2c1C(=O)OC2=O. The molecule has 0 saturated carbocycles. The van der Waals surface area contributed by atoms with Crippen LogP contribution in [0.5, 0.6) is 0 Å². The van der Waals surface area contributed by atoms with Crippen molar-refractivity contribution < 1.29 is 28.7 Å². The first kappa shape index (κ1) is 20.9. The van der Waals surface area contributed by atoms with Gasteiger partial charge in [-0.25, -0.2) is 19.2 Å². The molecule has 0 fully saturated rings. The summed E-state index contributed by atoms with van der Waals surface area (Å²) in [4.78, 5) is 50.3. The van der Waals surface area contributed by atoms with Gasteiger partial charge in [0.05, 0.1) is 31.8 Å². The molecule has 2 heterocycles. The molecule has 0 spiro atoms. The lowest BCUT2D eigenvalue weighted by atomic mass is 9.99. The third-order valence-corrected chi connectivity index (χ3v) is 8.54. The first-order chi connectivity index (χ1) is 17.0. The summed E-state index contributed by atoms with van der Waals surface area (Å²) in [7, 11) is -1.64. The largest absolute Gasteiger partial charge is 0.386 e. The summed E-state index contributed by atoms with van der Waals surface area (Å²) in [5.41, 5.74) is 4.22. The third-order valence-electron chi connectivity index (χ3n) is 6.37. The molecule has 2 aliphatic heterocycles. The van der Waals surface area contributed by atoms with Crippen LogP contribution in [0.3, 0.4) is 0 Å². The fraction of sp³-hybridized carbons (Fsp3) is 0. The van der Waals surface area contributed by atoms with Gasteiger partial charge in [-0.15, -0.1) is 0 Å². The Hall–Kier alpha value is -4.62. The zero-order chi connectivity index (χ0) is 24.1. The standard InChI is InChI=1S/C28H16O6Si/c29-25-19-13-11-17(15-7-3-1-4-8-15)23(21(19)27(31)33-25)35-24-18(16-9-5-2-6-10-16)12-14-20-22(24)28(32)34-26(20)30/h1-14H,35H2. The Morgan fingerprint density at radius 1 is 0.429 bits per heavy atom. The van der Waals surface area contributed by atoms with Crippen molar-refractivity contribution in [3.05, 3.63) is 107 Å².